The molecule has 2 heterocycles. The molecule has 0 amide bonds. The molecule has 5 heteroatoms. The van der Waals surface area contributed by atoms with E-state index in [1.165, 1.54) is 0 Å². The van der Waals surface area contributed by atoms with Gasteiger partial charge in [-0.05, 0) is 45.0 Å². The van der Waals surface area contributed by atoms with E-state index in [0.717, 1.165) is 34.3 Å². The zero-order valence-corrected chi connectivity index (χ0v) is 16.7. The smallest absolute Gasteiger partial charge is 0.205 e. The first-order chi connectivity index (χ1) is 14.0. The fraction of sp³-hybridized carbons (Fsp3) is 0.250. The molecule has 0 unspecified atom stereocenters. The maximum atomic E-state index is 13.2. The van der Waals surface area contributed by atoms with Gasteiger partial charge in [0.2, 0.25) is 5.78 Å². The molecule has 0 saturated carbocycles. The third-order valence-corrected chi connectivity index (χ3v) is 5.11. The quantitative estimate of drug-likeness (QED) is 0.381. The van der Waals surface area contributed by atoms with Crippen LogP contribution in [0, 0.1) is 18.3 Å². The molecule has 0 bridgehead atoms. The fourth-order valence-corrected chi connectivity index (χ4v) is 3.86. The van der Waals surface area contributed by atoms with Crippen LogP contribution in [0.5, 0.6) is 11.5 Å². The molecule has 3 aromatic rings. The van der Waals surface area contributed by atoms with E-state index in [4.69, 9.17) is 9.47 Å². The average molecular weight is 386 g/mol. The van der Waals surface area contributed by atoms with Gasteiger partial charge in [-0.25, -0.2) is 0 Å². The van der Waals surface area contributed by atoms with Gasteiger partial charge in [0, 0.05) is 34.1 Å². The van der Waals surface area contributed by atoms with Crippen molar-refractivity contribution in [3.63, 3.8) is 0 Å². The van der Waals surface area contributed by atoms with Gasteiger partial charge in [-0.3, -0.25) is 4.79 Å². The first-order valence-electron chi connectivity index (χ1n) is 9.72. The summed E-state index contributed by atoms with van der Waals surface area (Å²) in [5, 5.41) is 10.6. The summed E-state index contributed by atoms with van der Waals surface area (Å²) < 4.78 is 11.6. The monoisotopic (exact) mass is 386 g/mol. The Labute approximate surface area is 169 Å². The Balaban J connectivity index is 1.80. The molecular weight excluding hydrogens is 364 g/mol. The van der Waals surface area contributed by atoms with Crippen LogP contribution in [0.4, 0.5) is 0 Å². The molecule has 0 radical (unpaired) electrons. The Hall–Kier alpha value is -3.52. The van der Waals surface area contributed by atoms with E-state index in [0.29, 0.717) is 23.5 Å². The lowest BCUT2D eigenvalue weighted by molar-refractivity contribution is 0.104. The molecule has 1 aromatic heterocycles. The third kappa shape index (κ3) is 3.38. The van der Waals surface area contributed by atoms with Crippen molar-refractivity contribution in [3.8, 4) is 17.6 Å². The Morgan fingerprint density at radius 3 is 2.93 bits per heavy atom. The second-order valence-electron chi connectivity index (χ2n) is 7.23. The van der Waals surface area contributed by atoms with E-state index in [9.17, 15) is 10.1 Å². The number of ketones is 1. The zero-order valence-electron chi connectivity index (χ0n) is 16.7. The topological polar surface area (TPSA) is 75.1 Å². The summed E-state index contributed by atoms with van der Waals surface area (Å²) in [5.41, 5.74) is 3.95. The molecule has 0 aliphatic carbocycles. The number of carbonyl (C=O) groups is 1. The molecule has 0 spiro atoms. The van der Waals surface area contributed by atoms with Gasteiger partial charge in [0.15, 0.2) is 0 Å². The van der Waals surface area contributed by atoms with Crippen LogP contribution in [0.15, 0.2) is 42.0 Å². The number of para-hydroxylation sites is 1. The Morgan fingerprint density at radius 1 is 1.38 bits per heavy atom. The van der Waals surface area contributed by atoms with E-state index >= 15 is 0 Å². The maximum Gasteiger partial charge on any atom is 0.205 e. The predicted octanol–water partition coefficient (Wildman–Crippen LogP) is 4.99. The molecule has 5 nitrogen and oxygen atoms in total. The molecule has 0 fully saturated rings. The molecule has 1 atom stereocenters. The van der Waals surface area contributed by atoms with Crippen LogP contribution in [0.3, 0.4) is 0 Å². The highest BCUT2D eigenvalue weighted by Gasteiger charge is 2.23. The Morgan fingerprint density at radius 2 is 2.17 bits per heavy atom. The summed E-state index contributed by atoms with van der Waals surface area (Å²) in [5.74, 6) is 1.13. The minimum atomic E-state index is -0.306. The summed E-state index contributed by atoms with van der Waals surface area (Å²) in [6, 6.07) is 13.5. The van der Waals surface area contributed by atoms with Gasteiger partial charge in [-0.1, -0.05) is 18.2 Å². The Bertz CT molecular complexity index is 1180. The number of rotatable bonds is 5. The van der Waals surface area contributed by atoms with Crippen molar-refractivity contribution in [1.82, 2.24) is 4.98 Å². The van der Waals surface area contributed by atoms with Gasteiger partial charge in [-0.15, -0.1) is 0 Å². The molecular formula is C24H22N2O3. The van der Waals surface area contributed by atoms with Crippen molar-refractivity contribution in [2.45, 2.75) is 33.3 Å². The number of Topliss-reactive ketones (excluding diaryl/α,β-unsaturated/α-hetero) is 1. The standard InChI is InChI=1S/C24H22N2O3/c1-4-28-21-11-16-9-14(2)29-22(16)12-17(21)10-18(13-25)24(27)23-15(3)26-20-8-6-5-7-19(20)23/h5-8,10-12,14,26H,4,9H2,1-3H3/b18-10+/t14-/m1/s1. The second-order valence-corrected chi connectivity index (χ2v) is 7.23. The van der Waals surface area contributed by atoms with Crippen LogP contribution in [-0.4, -0.2) is 23.5 Å². The number of fused-ring (bicyclic) bond motifs is 2. The van der Waals surface area contributed by atoms with Crippen molar-refractivity contribution in [1.29, 1.82) is 5.26 Å². The summed E-state index contributed by atoms with van der Waals surface area (Å²) in [4.78, 5) is 16.5. The number of H-pyrrole nitrogens is 1. The molecule has 4 rings (SSSR count). The number of benzene rings is 2. The number of hydrogen-bond acceptors (Lipinski definition) is 4. The highest BCUT2D eigenvalue weighted by atomic mass is 16.5. The highest BCUT2D eigenvalue weighted by Crippen LogP contribution is 2.36. The van der Waals surface area contributed by atoms with Gasteiger partial charge in [-0.2, -0.15) is 5.26 Å². The van der Waals surface area contributed by atoms with Gasteiger partial charge in [0.1, 0.15) is 29.2 Å². The maximum absolute atomic E-state index is 13.2. The number of aromatic amines is 1. The van der Waals surface area contributed by atoms with Crippen LogP contribution in [-0.2, 0) is 6.42 Å². The summed E-state index contributed by atoms with van der Waals surface area (Å²) >= 11 is 0. The minimum Gasteiger partial charge on any atom is -0.493 e. The van der Waals surface area contributed by atoms with E-state index < -0.39 is 0 Å². The number of allylic oxidation sites excluding steroid dienone is 1. The largest absolute Gasteiger partial charge is 0.493 e. The van der Waals surface area contributed by atoms with Crippen molar-refractivity contribution >= 4 is 22.8 Å². The van der Waals surface area contributed by atoms with Crippen molar-refractivity contribution in [2.24, 2.45) is 0 Å². The summed E-state index contributed by atoms with van der Waals surface area (Å²) in [6.45, 7) is 6.26. The number of carbonyl (C=O) groups excluding carboxylic acids is 1. The average Bonchev–Trinajstić information content (AvgIpc) is 3.23. The van der Waals surface area contributed by atoms with Crippen LogP contribution in [0.1, 0.15) is 41.0 Å². The van der Waals surface area contributed by atoms with E-state index in [1.54, 1.807) is 6.08 Å². The lowest BCUT2D eigenvalue weighted by Gasteiger charge is -2.10. The zero-order chi connectivity index (χ0) is 20.5. The SMILES string of the molecule is CCOc1cc2c(cc1/C=C(\C#N)C(=O)c1c(C)[nH]c3ccccc13)O[C@H](C)C2. The molecule has 29 heavy (non-hydrogen) atoms. The second kappa shape index (κ2) is 7.48. The lowest BCUT2D eigenvalue weighted by Crippen LogP contribution is -2.05. The first-order valence-corrected chi connectivity index (χ1v) is 9.72. The molecule has 1 aliphatic heterocycles. The summed E-state index contributed by atoms with van der Waals surface area (Å²) in [7, 11) is 0. The number of aryl methyl sites for hydroxylation is 1. The minimum absolute atomic E-state index is 0.0600. The number of nitriles is 1. The number of nitrogens with one attached hydrogen (secondary N) is 1. The van der Waals surface area contributed by atoms with Crippen LogP contribution < -0.4 is 9.47 Å². The number of hydrogen-bond donors (Lipinski definition) is 1. The summed E-state index contributed by atoms with van der Waals surface area (Å²) in [6.07, 6.45) is 2.52. The van der Waals surface area contributed by atoms with Crippen LogP contribution >= 0.6 is 0 Å². The third-order valence-electron chi connectivity index (χ3n) is 5.11. The molecule has 0 saturated heterocycles. The van der Waals surface area contributed by atoms with Gasteiger partial charge >= 0.3 is 0 Å². The van der Waals surface area contributed by atoms with Crippen LogP contribution in [0.25, 0.3) is 17.0 Å². The van der Waals surface area contributed by atoms with Crippen molar-refractivity contribution < 1.29 is 14.3 Å². The first kappa shape index (κ1) is 18.8. The number of nitrogens with zero attached hydrogens (tertiary/aromatic N) is 1. The van der Waals surface area contributed by atoms with Crippen molar-refractivity contribution in [3.05, 3.63) is 64.4 Å². The fourth-order valence-electron chi connectivity index (χ4n) is 3.86. The molecule has 2 aromatic carbocycles. The van der Waals surface area contributed by atoms with E-state index in [1.807, 2.05) is 57.2 Å². The predicted molar refractivity (Wildman–Crippen MR) is 112 cm³/mol. The molecule has 146 valence electrons. The lowest BCUT2D eigenvalue weighted by atomic mass is 9.98. The number of ether oxygens (including phenoxy) is 2. The van der Waals surface area contributed by atoms with Crippen molar-refractivity contribution in [2.75, 3.05) is 6.61 Å². The van der Waals surface area contributed by atoms with E-state index in [-0.39, 0.29) is 17.5 Å². The van der Waals surface area contributed by atoms with Crippen LogP contribution in [0.2, 0.25) is 0 Å². The van der Waals surface area contributed by atoms with Gasteiger partial charge in [0.05, 0.1) is 12.2 Å². The molecule has 1 aliphatic rings. The normalized spacial score (nSPS) is 15.7. The van der Waals surface area contributed by atoms with E-state index in [2.05, 4.69) is 11.1 Å². The number of aromatic nitrogens is 1. The Kier molecular flexibility index (Phi) is 4.85. The van der Waals surface area contributed by atoms with Gasteiger partial charge < -0.3 is 14.5 Å². The van der Waals surface area contributed by atoms with Gasteiger partial charge in [0.25, 0.3) is 0 Å². The highest BCUT2D eigenvalue weighted by molar-refractivity contribution is 6.20. The molecule has 1 N–H and O–H groups in total.